The van der Waals surface area contributed by atoms with Crippen LogP contribution in [-0.4, -0.2) is 17.4 Å². The van der Waals surface area contributed by atoms with Gasteiger partial charge < -0.3 is 4.90 Å². The van der Waals surface area contributed by atoms with Crippen molar-refractivity contribution in [2.24, 2.45) is 5.41 Å². The van der Waals surface area contributed by atoms with E-state index in [1.807, 2.05) is 11.8 Å². The highest BCUT2D eigenvalue weighted by Gasteiger charge is 2.29. The molecule has 0 fully saturated rings. The zero-order valence-electron chi connectivity index (χ0n) is 10.7. The molecule has 0 heterocycles. The fraction of sp³-hybridized carbons (Fsp3) is 0.769. The Morgan fingerprint density at radius 3 is 2.53 bits per heavy atom. The second kappa shape index (κ2) is 4.38. The Balaban J connectivity index is 3.06. The number of carbonyl (C=O) groups excluding carboxylic acids is 1. The molecule has 1 aliphatic carbocycles. The topological polar surface area (TPSA) is 20.3 Å². The van der Waals surface area contributed by atoms with Crippen molar-refractivity contribution in [3.05, 3.63) is 11.3 Å². The van der Waals surface area contributed by atoms with E-state index in [2.05, 4.69) is 20.8 Å². The summed E-state index contributed by atoms with van der Waals surface area (Å²) >= 11 is 0. The molecule has 0 aliphatic heterocycles. The van der Waals surface area contributed by atoms with Crippen molar-refractivity contribution in [1.29, 1.82) is 0 Å². The van der Waals surface area contributed by atoms with Crippen LogP contribution in [0, 0.1) is 5.41 Å². The van der Waals surface area contributed by atoms with Crippen molar-refractivity contribution in [3.63, 3.8) is 0 Å². The largest absolute Gasteiger partial charge is 0.317 e. The molecule has 86 valence electrons. The quantitative estimate of drug-likeness (QED) is 0.683. The van der Waals surface area contributed by atoms with Gasteiger partial charge in [-0.2, -0.15) is 0 Å². The Kier molecular flexibility index (Phi) is 3.58. The van der Waals surface area contributed by atoms with Crippen molar-refractivity contribution in [3.8, 4) is 0 Å². The Morgan fingerprint density at radius 1 is 1.47 bits per heavy atom. The average Bonchev–Trinajstić information content (AvgIpc) is 2.13. The standard InChI is InChI=1S/C13H23NO/c1-6-14(11(3)15)12-8-7-9-13(4,5)10(12)2/h6-9H2,1-5H3. The molecule has 0 saturated carbocycles. The van der Waals surface area contributed by atoms with E-state index in [0.717, 1.165) is 13.0 Å². The number of hydrogen-bond acceptors (Lipinski definition) is 1. The summed E-state index contributed by atoms with van der Waals surface area (Å²) in [6, 6.07) is 0. The minimum Gasteiger partial charge on any atom is -0.317 e. The van der Waals surface area contributed by atoms with Crippen molar-refractivity contribution in [1.82, 2.24) is 4.90 Å². The van der Waals surface area contributed by atoms with Crippen LogP contribution in [0.3, 0.4) is 0 Å². The zero-order chi connectivity index (χ0) is 11.6. The van der Waals surface area contributed by atoms with Gasteiger partial charge in [0.05, 0.1) is 0 Å². The van der Waals surface area contributed by atoms with Crippen LogP contribution in [0.1, 0.15) is 53.9 Å². The molecule has 0 aromatic rings. The summed E-state index contributed by atoms with van der Waals surface area (Å²) < 4.78 is 0. The van der Waals surface area contributed by atoms with Crippen LogP contribution in [-0.2, 0) is 4.79 Å². The molecule has 0 N–H and O–H groups in total. The fourth-order valence-corrected chi connectivity index (χ4v) is 2.40. The number of allylic oxidation sites excluding steroid dienone is 2. The van der Waals surface area contributed by atoms with Crippen molar-refractivity contribution in [2.45, 2.75) is 53.9 Å². The Hall–Kier alpha value is -0.790. The molecule has 2 heteroatoms. The van der Waals surface area contributed by atoms with Gasteiger partial charge in [-0.25, -0.2) is 0 Å². The molecule has 0 aromatic carbocycles. The third-order valence-corrected chi connectivity index (χ3v) is 3.69. The van der Waals surface area contributed by atoms with Crippen LogP contribution in [0.15, 0.2) is 11.3 Å². The predicted molar refractivity (Wildman–Crippen MR) is 63.4 cm³/mol. The molecule has 0 aromatic heterocycles. The minimum atomic E-state index is 0.171. The molecule has 0 radical (unpaired) electrons. The number of hydrogen-bond donors (Lipinski definition) is 0. The molecule has 15 heavy (non-hydrogen) atoms. The number of rotatable bonds is 2. The van der Waals surface area contributed by atoms with E-state index in [0.29, 0.717) is 0 Å². The molecule has 2 nitrogen and oxygen atoms in total. The summed E-state index contributed by atoms with van der Waals surface area (Å²) in [6.07, 6.45) is 3.49. The maximum Gasteiger partial charge on any atom is 0.223 e. The first-order valence-corrected chi connectivity index (χ1v) is 5.88. The number of amides is 1. The lowest BCUT2D eigenvalue weighted by atomic mass is 9.75. The van der Waals surface area contributed by atoms with Crippen molar-refractivity contribution in [2.75, 3.05) is 6.54 Å². The van der Waals surface area contributed by atoms with Crippen molar-refractivity contribution >= 4 is 5.91 Å². The highest BCUT2D eigenvalue weighted by Crippen LogP contribution is 2.40. The van der Waals surface area contributed by atoms with Gasteiger partial charge in [0.25, 0.3) is 0 Å². The molecule has 1 amide bonds. The molecular formula is C13H23NO. The average molecular weight is 209 g/mol. The van der Waals surface area contributed by atoms with Crippen LogP contribution < -0.4 is 0 Å². The first-order valence-electron chi connectivity index (χ1n) is 5.88. The normalized spacial score (nSPS) is 20.3. The van der Waals surface area contributed by atoms with Gasteiger partial charge in [0.15, 0.2) is 0 Å². The highest BCUT2D eigenvalue weighted by molar-refractivity contribution is 5.75. The lowest BCUT2D eigenvalue weighted by Crippen LogP contribution is -2.33. The third kappa shape index (κ3) is 2.42. The molecule has 1 rings (SSSR count). The number of nitrogens with zero attached hydrogens (tertiary/aromatic N) is 1. The second-order valence-electron chi connectivity index (χ2n) is 5.07. The zero-order valence-corrected chi connectivity index (χ0v) is 10.7. The molecule has 0 unspecified atom stereocenters. The third-order valence-electron chi connectivity index (χ3n) is 3.69. The minimum absolute atomic E-state index is 0.171. The summed E-state index contributed by atoms with van der Waals surface area (Å²) in [5.41, 5.74) is 2.92. The Labute approximate surface area is 93.3 Å². The van der Waals surface area contributed by atoms with Gasteiger partial charge in [-0.3, -0.25) is 4.79 Å². The monoisotopic (exact) mass is 209 g/mol. The van der Waals surface area contributed by atoms with Gasteiger partial charge in [0, 0.05) is 19.2 Å². The van der Waals surface area contributed by atoms with Gasteiger partial charge in [-0.15, -0.1) is 0 Å². The van der Waals surface area contributed by atoms with Gasteiger partial charge >= 0.3 is 0 Å². The maximum atomic E-state index is 11.5. The SMILES string of the molecule is CCN(C(C)=O)C1=C(C)C(C)(C)CCC1. The van der Waals surface area contributed by atoms with Crippen LogP contribution in [0.2, 0.25) is 0 Å². The molecular weight excluding hydrogens is 186 g/mol. The first kappa shape index (κ1) is 12.3. The van der Waals surface area contributed by atoms with Crippen molar-refractivity contribution < 1.29 is 4.79 Å². The van der Waals surface area contributed by atoms with Gasteiger partial charge in [-0.1, -0.05) is 13.8 Å². The fourth-order valence-electron chi connectivity index (χ4n) is 2.40. The second-order valence-corrected chi connectivity index (χ2v) is 5.07. The lowest BCUT2D eigenvalue weighted by Gasteiger charge is -2.37. The molecule has 1 aliphatic rings. The van der Waals surface area contributed by atoms with E-state index >= 15 is 0 Å². The predicted octanol–water partition coefficient (Wildman–Crippen LogP) is 3.34. The van der Waals surface area contributed by atoms with Gasteiger partial charge in [-0.05, 0) is 44.1 Å². The van der Waals surface area contributed by atoms with Crippen LogP contribution in [0.5, 0.6) is 0 Å². The van der Waals surface area contributed by atoms with E-state index in [-0.39, 0.29) is 11.3 Å². The molecule has 0 saturated heterocycles. The van der Waals surface area contributed by atoms with E-state index in [9.17, 15) is 4.79 Å². The van der Waals surface area contributed by atoms with E-state index in [4.69, 9.17) is 0 Å². The Bertz CT molecular complexity index is 289. The van der Waals surface area contributed by atoms with Gasteiger partial charge in [0.2, 0.25) is 5.91 Å². The highest BCUT2D eigenvalue weighted by atomic mass is 16.2. The smallest absolute Gasteiger partial charge is 0.223 e. The van der Waals surface area contributed by atoms with E-state index < -0.39 is 0 Å². The summed E-state index contributed by atoms with van der Waals surface area (Å²) in [6.45, 7) is 11.2. The summed E-state index contributed by atoms with van der Waals surface area (Å²) in [4.78, 5) is 13.4. The molecule has 0 spiro atoms. The summed E-state index contributed by atoms with van der Waals surface area (Å²) in [7, 11) is 0. The first-order chi connectivity index (χ1) is 6.90. The summed E-state index contributed by atoms with van der Waals surface area (Å²) in [5, 5.41) is 0. The van der Waals surface area contributed by atoms with Crippen LogP contribution >= 0.6 is 0 Å². The Morgan fingerprint density at radius 2 is 2.07 bits per heavy atom. The molecule has 0 atom stereocenters. The summed E-state index contributed by atoms with van der Waals surface area (Å²) in [5.74, 6) is 0.171. The van der Waals surface area contributed by atoms with E-state index in [1.165, 1.54) is 24.1 Å². The van der Waals surface area contributed by atoms with Crippen LogP contribution in [0.4, 0.5) is 0 Å². The van der Waals surface area contributed by atoms with E-state index in [1.54, 1.807) is 6.92 Å². The maximum absolute atomic E-state index is 11.5. The lowest BCUT2D eigenvalue weighted by molar-refractivity contribution is -0.127. The van der Waals surface area contributed by atoms with Gasteiger partial charge in [0.1, 0.15) is 0 Å². The number of carbonyl (C=O) groups is 1. The molecule has 0 bridgehead atoms. The van der Waals surface area contributed by atoms with Crippen LogP contribution in [0.25, 0.3) is 0 Å².